The molecule has 110 valence electrons. The number of nitrogens with two attached hydrogens (primary N) is 1. The molecule has 0 radical (unpaired) electrons. The van der Waals surface area contributed by atoms with Gasteiger partial charge in [-0.25, -0.2) is 4.79 Å². The summed E-state index contributed by atoms with van der Waals surface area (Å²) in [6.45, 7) is 7.94. The van der Waals surface area contributed by atoms with Crippen LogP contribution in [0, 0.1) is 5.41 Å². The van der Waals surface area contributed by atoms with Crippen LogP contribution >= 0.6 is 0 Å². The molecule has 0 aromatic rings. The number of piperidine rings is 1. The second-order valence-electron chi connectivity index (χ2n) is 6.50. The van der Waals surface area contributed by atoms with Gasteiger partial charge in [0, 0.05) is 6.54 Å². The van der Waals surface area contributed by atoms with Crippen molar-refractivity contribution in [2.75, 3.05) is 6.54 Å². The lowest BCUT2D eigenvalue weighted by atomic mass is 9.75. The van der Waals surface area contributed by atoms with Gasteiger partial charge in [0.25, 0.3) is 0 Å². The van der Waals surface area contributed by atoms with E-state index in [1.54, 1.807) is 6.92 Å². The molecule has 1 rings (SSSR count). The fourth-order valence-corrected chi connectivity index (χ4v) is 3.03. The molecule has 19 heavy (non-hydrogen) atoms. The molecule has 3 N–H and O–H groups in total. The van der Waals surface area contributed by atoms with Gasteiger partial charge < -0.3 is 15.7 Å². The molecule has 0 spiro atoms. The number of hydrogen-bond acceptors (Lipinski definition) is 3. The third-order valence-corrected chi connectivity index (χ3v) is 4.02. The van der Waals surface area contributed by atoms with Crippen LogP contribution in [0.2, 0.25) is 0 Å². The van der Waals surface area contributed by atoms with E-state index in [2.05, 4.69) is 0 Å². The van der Waals surface area contributed by atoms with Crippen molar-refractivity contribution in [1.29, 1.82) is 0 Å². The summed E-state index contributed by atoms with van der Waals surface area (Å²) < 4.78 is 0. The molecule has 1 aliphatic heterocycles. The second-order valence-corrected chi connectivity index (χ2v) is 6.50. The summed E-state index contributed by atoms with van der Waals surface area (Å²) in [6, 6.07) is -0.784. The zero-order valence-corrected chi connectivity index (χ0v) is 12.4. The van der Waals surface area contributed by atoms with Crippen LogP contribution in [-0.2, 0) is 9.59 Å². The van der Waals surface area contributed by atoms with Crippen LogP contribution in [0.1, 0.15) is 53.4 Å². The minimum absolute atomic E-state index is 0.241. The predicted molar refractivity (Wildman–Crippen MR) is 73.7 cm³/mol. The molecule has 0 aliphatic carbocycles. The number of carbonyl (C=O) groups excluding carboxylic acids is 1. The Hall–Kier alpha value is -1.10. The number of carboxylic acid groups (broad SMARTS) is 1. The summed E-state index contributed by atoms with van der Waals surface area (Å²) in [6.07, 6.45) is 3.00. The summed E-state index contributed by atoms with van der Waals surface area (Å²) in [5.41, 5.74) is 4.68. The number of carboxylic acids is 1. The number of amides is 1. The lowest BCUT2D eigenvalue weighted by Crippen LogP contribution is -2.63. The highest BCUT2D eigenvalue weighted by Gasteiger charge is 2.47. The first-order valence-corrected chi connectivity index (χ1v) is 6.96. The van der Waals surface area contributed by atoms with Crippen molar-refractivity contribution in [1.82, 2.24) is 4.90 Å². The summed E-state index contributed by atoms with van der Waals surface area (Å²) in [7, 11) is 0. The molecule has 5 heteroatoms. The third kappa shape index (κ3) is 3.26. The van der Waals surface area contributed by atoms with Crippen molar-refractivity contribution in [3.8, 4) is 0 Å². The Labute approximate surface area is 115 Å². The van der Waals surface area contributed by atoms with Gasteiger partial charge in [0.2, 0.25) is 5.91 Å². The summed E-state index contributed by atoms with van der Waals surface area (Å²) in [4.78, 5) is 25.6. The first kappa shape index (κ1) is 16.0. The molecule has 1 fully saturated rings. The van der Waals surface area contributed by atoms with Gasteiger partial charge in [0.05, 0.1) is 5.54 Å². The van der Waals surface area contributed by atoms with E-state index in [0.717, 1.165) is 19.3 Å². The zero-order valence-electron chi connectivity index (χ0n) is 12.4. The number of carbonyl (C=O) groups is 2. The average Bonchev–Trinajstić information content (AvgIpc) is 2.25. The first-order chi connectivity index (χ1) is 8.63. The Morgan fingerprint density at radius 1 is 1.47 bits per heavy atom. The molecule has 0 aromatic carbocycles. The van der Waals surface area contributed by atoms with Gasteiger partial charge in [-0.15, -0.1) is 0 Å². The Kier molecular flexibility index (Phi) is 4.61. The fourth-order valence-electron chi connectivity index (χ4n) is 3.03. The monoisotopic (exact) mass is 270 g/mol. The smallest absolute Gasteiger partial charge is 0.326 e. The van der Waals surface area contributed by atoms with Crippen LogP contribution in [-0.4, -0.2) is 40.0 Å². The largest absolute Gasteiger partial charge is 0.480 e. The van der Waals surface area contributed by atoms with Crippen LogP contribution in [0.15, 0.2) is 0 Å². The van der Waals surface area contributed by atoms with Crippen LogP contribution in [0.4, 0.5) is 0 Å². The zero-order chi connectivity index (χ0) is 14.8. The van der Waals surface area contributed by atoms with Crippen molar-refractivity contribution in [2.45, 2.75) is 65.0 Å². The van der Waals surface area contributed by atoms with E-state index in [1.165, 1.54) is 4.90 Å². The van der Waals surface area contributed by atoms with E-state index in [9.17, 15) is 14.7 Å². The number of likely N-dealkylation sites (tertiary alicyclic amines) is 1. The van der Waals surface area contributed by atoms with Crippen molar-refractivity contribution in [3.05, 3.63) is 0 Å². The molecular weight excluding hydrogens is 244 g/mol. The highest BCUT2D eigenvalue weighted by Crippen LogP contribution is 2.36. The Morgan fingerprint density at radius 2 is 2.05 bits per heavy atom. The van der Waals surface area contributed by atoms with Gasteiger partial charge in [-0.05, 0) is 31.6 Å². The summed E-state index contributed by atoms with van der Waals surface area (Å²) >= 11 is 0. The molecule has 1 amide bonds. The molecule has 2 unspecified atom stereocenters. The van der Waals surface area contributed by atoms with Crippen LogP contribution in [0.5, 0.6) is 0 Å². The lowest BCUT2D eigenvalue weighted by Gasteiger charge is -2.46. The van der Waals surface area contributed by atoms with Crippen molar-refractivity contribution >= 4 is 11.9 Å². The van der Waals surface area contributed by atoms with Gasteiger partial charge in [-0.1, -0.05) is 27.2 Å². The first-order valence-electron chi connectivity index (χ1n) is 6.96. The minimum Gasteiger partial charge on any atom is -0.480 e. The van der Waals surface area contributed by atoms with Crippen molar-refractivity contribution in [3.63, 3.8) is 0 Å². The average molecular weight is 270 g/mol. The lowest BCUT2D eigenvalue weighted by molar-refractivity contribution is -0.161. The van der Waals surface area contributed by atoms with Crippen molar-refractivity contribution < 1.29 is 14.7 Å². The molecule has 0 bridgehead atoms. The van der Waals surface area contributed by atoms with E-state index < -0.39 is 23.0 Å². The van der Waals surface area contributed by atoms with E-state index in [1.807, 2.05) is 20.8 Å². The van der Waals surface area contributed by atoms with Gasteiger partial charge >= 0.3 is 5.97 Å². The van der Waals surface area contributed by atoms with Crippen molar-refractivity contribution in [2.24, 2.45) is 11.1 Å². The molecule has 1 saturated heterocycles. The quantitative estimate of drug-likeness (QED) is 0.813. The van der Waals surface area contributed by atoms with Gasteiger partial charge in [0.15, 0.2) is 0 Å². The minimum atomic E-state index is -0.976. The van der Waals surface area contributed by atoms with Gasteiger partial charge in [-0.2, -0.15) is 0 Å². The van der Waals surface area contributed by atoms with Crippen LogP contribution < -0.4 is 5.73 Å². The third-order valence-electron chi connectivity index (χ3n) is 4.02. The highest BCUT2D eigenvalue weighted by atomic mass is 16.4. The Bertz CT molecular complexity index is 364. The van der Waals surface area contributed by atoms with Gasteiger partial charge in [-0.3, -0.25) is 4.79 Å². The van der Waals surface area contributed by atoms with Crippen LogP contribution in [0.3, 0.4) is 0 Å². The Morgan fingerprint density at radius 3 is 2.53 bits per heavy atom. The predicted octanol–water partition coefficient (Wildman–Crippen LogP) is 1.61. The standard InChI is InChI=1S/C14H26N2O3/c1-5-7-14(4,15)12(19)16-9-6-8-13(2,3)10(16)11(17)18/h10H,5-9,15H2,1-4H3,(H,17,18). The summed E-state index contributed by atoms with van der Waals surface area (Å²) in [5.74, 6) is -1.18. The van der Waals surface area contributed by atoms with E-state index in [-0.39, 0.29) is 5.91 Å². The van der Waals surface area contributed by atoms with E-state index in [0.29, 0.717) is 13.0 Å². The maximum atomic E-state index is 12.6. The number of aliphatic carboxylic acids is 1. The maximum absolute atomic E-state index is 12.6. The second kappa shape index (κ2) is 5.49. The fraction of sp³-hybridized carbons (Fsp3) is 0.857. The molecule has 2 atom stereocenters. The molecular formula is C14H26N2O3. The highest BCUT2D eigenvalue weighted by molar-refractivity contribution is 5.90. The molecule has 5 nitrogen and oxygen atoms in total. The number of hydrogen-bond donors (Lipinski definition) is 2. The van der Waals surface area contributed by atoms with Crippen LogP contribution in [0.25, 0.3) is 0 Å². The molecule has 1 aliphatic rings. The number of nitrogens with zero attached hydrogens (tertiary/aromatic N) is 1. The number of rotatable bonds is 4. The van der Waals surface area contributed by atoms with E-state index >= 15 is 0 Å². The molecule has 0 saturated carbocycles. The molecule has 0 aromatic heterocycles. The molecule has 1 heterocycles. The topological polar surface area (TPSA) is 83.6 Å². The van der Waals surface area contributed by atoms with Gasteiger partial charge in [0.1, 0.15) is 6.04 Å². The Balaban J connectivity index is 3.02. The normalized spacial score (nSPS) is 25.7. The summed E-state index contributed by atoms with van der Waals surface area (Å²) in [5, 5.41) is 9.45. The van der Waals surface area contributed by atoms with E-state index in [4.69, 9.17) is 5.73 Å². The SMILES string of the molecule is CCCC(C)(N)C(=O)N1CCCC(C)(C)C1C(=O)O. The maximum Gasteiger partial charge on any atom is 0.326 e.